The number of allylic oxidation sites excluding steroid dienone is 2. The lowest BCUT2D eigenvalue weighted by Gasteiger charge is -2.41. The number of aryl methyl sites for hydroxylation is 1. The normalized spacial score (nSPS) is 29.5. The van der Waals surface area contributed by atoms with Crippen molar-refractivity contribution in [1.29, 1.82) is 0 Å². The Morgan fingerprint density at radius 2 is 1.95 bits per heavy atom. The first-order valence-corrected chi connectivity index (χ1v) is 7.81. The van der Waals surface area contributed by atoms with E-state index < -0.39 is 17.8 Å². The minimum atomic E-state index is -0.849. The summed E-state index contributed by atoms with van der Waals surface area (Å²) in [6.45, 7) is 1.35. The molecule has 2 N–H and O–H groups in total. The first-order chi connectivity index (χ1) is 10.7. The standard InChI is InChI=1S/C16H21N3O3/c20-15(18-6-1-8-19-9-7-17-10-19)13-11-2-4-12(5-3-11)14(13)16(21)22/h2,4,7,9-14H,1,3,5-6,8H2,(H,18,20)(H,21,22)/t11-,12-,13-,14+/m0/s1. The highest BCUT2D eigenvalue weighted by Crippen LogP contribution is 2.44. The highest BCUT2D eigenvalue weighted by atomic mass is 16.4. The maximum Gasteiger partial charge on any atom is 0.307 e. The summed E-state index contributed by atoms with van der Waals surface area (Å²) in [6.07, 6.45) is 12.0. The van der Waals surface area contributed by atoms with Crippen LogP contribution in [0.4, 0.5) is 0 Å². The Kier molecular flexibility index (Phi) is 4.27. The third-order valence-electron chi connectivity index (χ3n) is 4.79. The summed E-state index contributed by atoms with van der Waals surface area (Å²) in [7, 11) is 0. The number of nitrogens with zero attached hydrogens (tertiary/aromatic N) is 2. The van der Waals surface area contributed by atoms with Crippen molar-refractivity contribution in [3.8, 4) is 0 Å². The summed E-state index contributed by atoms with van der Waals surface area (Å²) in [4.78, 5) is 27.9. The molecular formula is C16H21N3O3. The number of nitrogens with one attached hydrogen (secondary N) is 1. The number of carbonyl (C=O) groups is 2. The Hall–Kier alpha value is -2.11. The average Bonchev–Trinajstić information content (AvgIpc) is 3.04. The number of hydrogen-bond donors (Lipinski definition) is 2. The summed E-state index contributed by atoms with van der Waals surface area (Å²) >= 11 is 0. The van der Waals surface area contributed by atoms with Gasteiger partial charge in [0.25, 0.3) is 0 Å². The van der Waals surface area contributed by atoms with Crippen LogP contribution in [0.5, 0.6) is 0 Å². The lowest BCUT2D eigenvalue weighted by molar-refractivity contribution is -0.152. The predicted molar refractivity (Wildman–Crippen MR) is 79.8 cm³/mol. The summed E-state index contributed by atoms with van der Waals surface area (Å²) in [6, 6.07) is 0. The van der Waals surface area contributed by atoms with E-state index in [4.69, 9.17) is 0 Å². The van der Waals surface area contributed by atoms with Crippen molar-refractivity contribution in [2.24, 2.45) is 23.7 Å². The average molecular weight is 303 g/mol. The highest BCUT2D eigenvalue weighted by molar-refractivity contribution is 5.86. The molecule has 0 aromatic carbocycles. The number of imidazole rings is 1. The highest BCUT2D eigenvalue weighted by Gasteiger charge is 2.47. The summed E-state index contributed by atoms with van der Waals surface area (Å²) in [5.41, 5.74) is 0. The Balaban J connectivity index is 1.54. The number of amides is 1. The molecule has 1 amide bonds. The van der Waals surface area contributed by atoms with Crippen LogP contribution in [0.3, 0.4) is 0 Å². The van der Waals surface area contributed by atoms with Crippen molar-refractivity contribution >= 4 is 11.9 Å². The van der Waals surface area contributed by atoms with E-state index in [9.17, 15) is 14.7 Å². The number of carboxylic acids is 1. The summed E-state index contributed by atoms with van der Waals surface area (Å²) < 4.78 is 1.96. The van der Waals surface area contributed by atoms with E-state index >= 15 is 0 Å². The van der Waals surface area contributed by atoms with E-state index in [0.29, 0.717) is 6.54 Å². The van der Waals surface area contributed by atoms with Crippen LogP contribution in [-0.4, -0.2) is 33.1 Å². The van der Waals surface area contributed by atoms with E-state index in [2.05, 4.69) is 10.3 Å². The molecule has 118 valence electrons. The van der Waals surface area contributed by atoms with Gasteiger partial charge in [0.05, 0.1) is 18.2 Å². The summed E-state index contributed by atoms with van der Waals surface area (Å²) in [5.74, 6) is -1.88. The molecule has 6 nitrogen and oxygen atoms in total. The van der Waals surface area contributed by atoms with Crippen LogP contribution >= 0.6 is 0 Å². The zero-order valence-electron chi connectivity index (χ0n) is 12.4. The van der Waals surface area contributed by atoms with Gasteiger partial charge >= 0.3 is 5.97 Å². The smallest absolute Gasteiger partial charge is 0.307 e. The molecule has 0 unspecified atom stereocenters. The number of fused-ring (bicyclic) bond motifs is 2. The second kappa shape index (κ2) is 6.34. The van der Waals surface area contributed by atoms with Gasteiger partial charge in [-0.1, -0.05) is 12.2 Å². The van der Waals surface area contributed by atoms with E-state index in [0.717, 1.165) is 25.8 Å². The molecule has 1 fully saturated rings. The number of carbonyl (C=O) groups excluding carboxylic acids is 1. The molecule has 0 spiro atoms. The predicted octanol–water partition coefficient (Wildman–Crippen LogP) is 1.30. The van der Waals surface area contributed by atoms with E-state index in [1.807, 2.05) is 22.9 Å². The zero-order valence-corrected chi connectivity index (χ0v) is 12.4. The third kappa shape index (κ3) is 2.91. The molecule has 0 aliphatic heterocycles. The Labute approximate surface area is 129 Å². The number of carboxylic acid groups (broad SMARTS) is 1. The number of aromatic nitrogens is 2. The molecule has 3 aliphatic carbocycles. The number of hydrogen-bond acceptors (Lipinski definition) is 3. The molecule has 3 aliphatic rings. The van der Waals surface area contributed by atoms with Crippen molar-refractivity contribution in [1.82, 2.24) is 14.9 Å². The zero-order chi connectivity index (χ0) is 15.5. The topological polar surface area (TPSA) is 84.2 Å². The van der Waals surface area contributed by atoms with Gasteiger partial charge in [0, 0.05) is 25.5 Å². The molecule has 1 aromatic heterocycles. The largest absolute Gasteiger partial charge is 0.481 e. The Morgan fingerprint density at radius 1 is 1.23 bits per heavy atom. The van der Waals surface area contributed by atoms with Gasteiger partial charge in [-0.15, -0.1) is 0 Å². The first kappa shape index (κ1) is 14.8. The van der Waals surface area contributed by atoms with E-state index in [1.165, 1.54) is 0 Å². The number of rotatable bonds is 6. The third-order valence-corrected chi connectivity index (χ3v) is 4.79. The van der Waals surface area contributed by atoms with E-state index in [-0.39, 0.29) is 17.7 Å². The fourth-order valence-electron chi connectivity index (χ4n) is 3.70. The maximum atomic E-state index is 12.4. The lowest BCUT2D eigenvalue weighted by Crippen LogP contribution is -2.49. The van der Waals surface area contributed by atoms with Gasteiger partial charge in [-0.05, 0) is 31.1 Å². The van der Waals surface area contributed by atoms with Gasteiger partial charge in [0.1, 0.15) is 0 Å². The Bertz CT molecular complexity index is 567. The van der Waals surface area contributed by atoms with Crippen molar-refractivity contribution in [2.45, 2.75) is 25.8 Å². The molecule has 0 saturated heterocycles. The van der Waals surface area contributed by atoms with Crippen LogP contribution in [0.2, 0.25) is 0 Å². The van der Waals surface area contributed by atoms with E-state index in [1.54, 1.807) is 12.5 Å². The Morgan fingerprint density at radius 3 is 2.55 bits per heavy atom. The van der Waals surface area contributed by atoms with Gasteiger partial charge in [-0.2, -0.15) is 0 Å². The van der Waals surface area contributed by atoms with Gasteiger partial charge in [-0.3, -0.25) is 9.59 Å². The quantitative estimate of drug-likeness (QED) is 0.613. The van der Waals surface area contributed by atoms with Gasteiger partial charge < -0.3 is 15.0 Å². The van der Waals surface area contributed by atoms with Gasteiger partial charge in [-0.25, -0.2) is 4.98 Å². The molecule has 4 atom stereocenters. The maximum absolute atomic E-state index is 12.4. The molecule has 1 aromatic rings. The lowest BCUT2D eigenvalue weighted by atomic mass is 9.62. The fourth-order valence-corrected chi connectivity index (χ4v) is 3.70. The van der Waals surface area contributed by atoms with Crippen LogP contribution in [0.25, 0.3) is 0 Å². The second-order valence-corrected chi connectivity index (χ2v) is 6.12. The van der Waals surface area contributed by atoms with Crippen LogP contribution in [0, 0.1) is 23.7 Å². The van der Waals surface area contributed by atoms with Crippen molar-refractivity contribution in [3.05, 3.63) is 30.9 Å². The van der Waals surface area contributed by atoms with Gasteiger partial charge in [0.15, 0.2) is 0 Å². The van der Waals surface area contributed by atoms with Crippen LogP contribution in [-0.2, 0) is 16.1 Å². The minimum absolute atomic E-state index is 0.00389. The molecule has 6 heteroatoms. The van der Waals surface area contributed by atoms with Crippen molar-refractivity contribution < 1.29 is 14.7 Å². The molecule has 4 rings (SSSR count). The van der Waals surface area contributed by atoms with Crippen LogP contribution in [0.15, 0.2) is 30.9 Å². The van der Waals surface area contributed by atoms with Crippen LogP contribution < -0.4 is 5.32 Å². The SMILES string of the molecule is O=C(NCCCn1ccnc1)[C@@H]1[C@H](C(=O)O)[C@H]2C=C[C@H]1CC2. The first-order valence-electron chi connectivity index (χ1n) is 7.81. The summed E-state index contributed by atoms with van der Waals surface area (Å²) in [5, 5.41) is 12.4. The molecule has 1 saturated carbocycles. The molecule has 22 heavy (non-hydrogen) atoms. The van der Waals surface area contributed by atoms with Gasteiger partial charge in [0.2, 0.25) is 5.91 Å². The van der Waals surface area contributed by atoms with Crippen LogP contribution in [0.1, 0.15) is 19.3 Å². The molecule has 0 radical (unpaired) electrons. The molecule has 1 heterocycles. The van der Waals surface area contributed by atoms with Crippen molar-refractivity contribution in [3.63, 3.8) is 0 Å². The molecule has 2 bridgehead atoms. The second-order valence-electron chi connectivity index (χ2n) is 6.12. The minimum Gasteiger partial charge on any atom is -0.481 e. The number of aliphatic carboxylic acids is 1. The monoisotopic (exact) mass is 303 g/mol. The molecular weight excluding hydrogens is 282 g/mol. The van der Waals surface area contributed by atoms with Crippen molar-refractivity contribution in [2.75, 3.05) is 6.54 Å². The fraction of sp³-hybridized carbons (Fsp3) is 0.562.